The quantitative estimate of drug-likeness (QED) is 0.892. The van der Waals surface area contributed by atoms with Crippen LogP contribution in [0.1, 0.15) is 26.5 Å². The van der Waals surface area contributed by atoms with Crippen LogP contribution in [0.2, 0.25) is 0 Å². The van der Waals surface area contributed by atoms with E-state index in [1.807, 2.05) is 30.3 Å². The number of aromatic nitrogens is 3. The fourth-order valence-corrected chi connectivity index (χ4v) is 2.69. The van der Waals surface area contributed by atoms with E-state index in [2.05, 4.69) is 59.1 Å². The molecule has 6 nitrogen and oxygen atoms in total. The molecule has 0 saturated heterocycles. The van der Waals surface area contributed by atoms with Crippen molar-refractivity contribution < 1.29 is 0 Å². The molecule has 6 heteroatoms. The van der Waals surface area contributed by atoms with Gasteiger partial charge in [-0.05, 0) is 33.8 Å². The predicted molar refractivity (Wildman–Crippen MR) is 86.5 cm³/mol. The Morgan fingerprint density at radius 1 is 1.33 bits per heavy atom. The van der Waals surface area contributed by atoms with Crippen LogP contribution in [0.5, 0.6) is 0 Å². The maximum atomic E-state index is 4.52. The van der Waals surface area contributed by atoms with Crippen molar-refractivity contribution in [2.45, 2.75) is 39.4 Å². The van der Waals surface area contributed by atoms with Gasteiger partial charge in [-0.1, -0.05) is 0 Å². The van der Waals surface area contributed by atoms with E-state index in [1.54, 1.807) is 0 Å². The fourth-order valence-electron chi connectivity index (χ4n) is 2.69. The molecule has 3 rings (SSSR count). The molecule has 0 saturated carbocycles. The minimum Gasteiger partial charge on any atom is -0.358 e. The SMILES string of the molecule is Cc1c(NC2C=Nc3[nH]ccc3N2C(C)(C)C)cnn1C. The van der Waals surface area contributed by atoms with E-state index in [0.29, 0.717) is 0 Å². The van der Waals surface area contributed by atoms with Crippen LogP contribution in [0.15, 0.2) is 23.5 Å². The number of H-pyrrole nitrogens is 1. The Hall–Kier alpha value is -2.24. The summed E-state index contributed by atoms with van der Waals surface area (Å²) in [4.78, 5) is 10.0. The number of fused-ring (bicyclic) bond motifs is 1. The lowest BCUT2D eigenvalue weighted by Gasteiger charge is -2.43. The highest BCUT2D eigenvalue weighted by Crippen LogP contribution is 2.36. The number of aromatic amines is 1. The molecule has 2 aromatic heterocycles. The lowest BCUT2D eigenvalue weighted by atomic mass is 10.0. The van der Waals surface area contributed by atoms with E-state index in [1.165, 1.54) is 0 Å². The molecule has 2 N–H and O–H groups in total. The number of rotatable bonds is 2. The van der Waals surface area contributed by atoms with Gasteiger partial charge in [-0.3, -0.25) is 4.68 Å². The molecular formula is C15H22N6. The average Bonchev–Trinajstić information content (AvgIpc) is 2.98. The molecule has 2 aromatic rings. The van der Waals surface area contributed by atoms with Crippen LogP contribution in [-0.4, -0.2) is 32.7 Å². The molecule has 1 atom stereocenters. The van der Waals surface area contributed by atoms with E-state index in [4.69, 9.17) is 0 Å². The number of anilines is 2. The monoisotopic (exact) mass is 286 g/mol. The zero-order valence-corrected chi connectivity index (χ0v) is 13.2. The van der Waals surface area contributed by atoms with Crippen LogP contribution in [-0.2, 0) is 7.05 Å². The number of hydrogen-bond acceptors (Lipinski definition) is 4. The van der Waals surface area contributed by atoms with Crippen LogP contribution >= 0.6 is 0 Å². The van der Waals surface area contributed by atoms with Gasteiger partial charge in [0, 0.05) is 25.0 Å². The Balaban J connectivity index is 1.96. The number of aryl methyl sites for hydroxylation is 1. The third-order valence-corrected chi connectivity index (χ3v) is 3.85. The summed E-state index contributed by atoms with van der Waals surface area (Å²) in [5.41, 5.74) is 3.22. The Morgan fingerprint density at radius 3 is 2.71 bits per heavy atom. The topological polar surface area (TPSA) is 61.2 Å². The highest BCUT2D eigenvalue weighted by Gasteiger charge is 2.33. The maximum Gasteiger partial charge on any atom is 0.153 e. The molecule has 0 bridgehead atoms. The van der Waals surface area contributed by atoms with Crippen molar-refractivity contribution in [3.8, 4) is 0 Å². The van der Waals surface area contributed by atoms with Gasteiger partial charge in [-0.15, -0.1) is 0 Å². The largest absolute Gasteiger partial charge is 0.358 e. The molecular weight excluding hydrogens is 264 g/mol. The highest BCUT2D eigenvalue weighted by atomic mass is 15.4. The molecule has 3 heterocycles. The summed E-state index contributed by atoms with van der Waals surface area (Å²) in [6.07, 6.45) is 5.72. The molecule has 1 unspecified atom stereocenters. The van der Waals surface area contributed by atoms with Crippen LogP contribution < -0.4 is 10.2 Å². The Labute approximate surface area is 124 Å². The lowest BCUT2D eigenvalue weighted by Crippen LogP contribution is -2.53. The molecule has 0 fully saturated rings. The van der Waals surface area contributed by atoms with Gasteiger partial charge in [0.1, 0.15) is 6.17 Å². The van der Waals surface area contributed by atoms with E-state index >= 15 is 0 Å². The number of nitrogens with zero attached hydrogens (tertiary/aromatic N) is 4. The molecule has 1 aliphatic heterocycles. The van der Waals surface area contributed by atoms with Gasteiger partial charge in [0.05, 0.1) is 23.3 Å². The maximum absolute atomic E-state index is 4.52. The van der Waals surface area contributed by atoms with Crippen LogP contribution in [0.3, 0.4) is 0 Å². The third-order valence-electron chi connectivity index (χ3n) is 3.85. The van der Waals surface area contributed by atoms with Crippen LogP contribution in [0.4, 0.5) is 17.2 Å². The minimum atomic E-state index is -0.0306. The molecule has 112 valence electrons. The number of nitrogens with one attached hydrogen (secondary N) is 2. The summed E-state index contributed by atoms with van der Waals surface area (Å²) in [6, 6.07) is 2.07. The normalized spacial score (nSPS) is 18.0. The van der Waals surface area contributed by atoms with Crippen molar-refractivity contribution in [3.63, 3.8) is 0 Å². The average molecular weight is 286 g/mol. The summed E-state index contributed by atoms with van der Waals surface area (Å²) < 4.78 is 1.87. The first-order valence-electron chi connectivity index (χ1n) is 7.14. The lowest BCUT2D eigenvalue weighted by molar-refractivity contribution is 0.494. The minimum absolute atomic E-state index is 0.00352. The molecule has 0 radical (unpaired) electrons. The zero-order valence-electron chi connectivity index (χ0n) is 13.2. The van der Waals surface area contributed by atoms with Gasteiger partial charge in [0.25, 0.3) is 0 Å². The van der Waals surface area contributed by atoms with Gasteiger partial charge in [-0.2, -0.15) is 5.10 Å². The molecule has 1 aliphatic rings. The second-order valence-electron chi connectivity index (χ2n) is 6.39. The van der Waals surface area contributed by atoms with Crippen LogP contribution in [0, 0.1) is 6.92 Å². The summed E-state index contributed by atoms with van der Waals surface area (Å²) in [5.74, 6) is 0.908. The summed E-state index contributed by atoms with van der Waals surface area (Å²) >= 11 is 0. The van der Waals surface area contributed by atoms with E-state index in [-0.39, 0.29) is 11.7 Å². The smallest absolute Gasteiger partial charge is 0.153 e. The van der Waals surface area contributed by atoms with Gasteiger partial charge in [0.2, 0.25) is 0 Å². The Morgan fingerprint density at radius 2 is 2.10 bits per heavy atom. The van der Waals surface area contributed by atoms with Crippen molar-refractivity contribution in [1.29, 1.82) is 0 Å². The zero-order chi connectivity index (χ0) is 15.2. The Kier molecular flexibility index (Phi) is 3.04. The number of hydrogen-bond donors (Lipinski definition) is 2. The first-order chi connectivity index (χ1) is 9.88. The van der Waals surface area contributed by atoms with Crippen molar-refractivity contribution in [3.05, 3.63) is 24.2 Å². The summed E-state index contributed by atoms with van der Waals surface area (Å²) in [6.45, 7) is 8.66. The number of aliphatic imine (C=N–C) groups is 1. The predicted octanol–water partition coefficient (Wildman–Crippen LogP) is 2.82. The first kappa shape index (κ1) is 13.7. The second kappa shape index (κ2) is 4.65. The highest BCUT2D eigenvalue weighted by molar-refractivity contribution is 5.85. The van der Waals surface area contributed by atoms with Crippen molar-refractivity contribution in [2.24, 2.45) is 12.0 Å². The van der Waals surface area contributed by atoms with Gasteiger partial charge in [-0.25, -0.2) is 4.99 Å². The standard InChI is InChI=1S/C15H22N6/c1-10-11(8-18-20(10)5)19-13-9-17-14-12(6-7-16-14)21(13)15(2,3)4/h6-9,13,16,19H,1-5H3. The van der Waals surface area contributed by atoms with Crippen molar-refractivity contribution >= 4 is 23.4 Å². The molecule has 21 heavy (non-hydrogen) atoms. The van der Waals surface area contributed by atoms with Crippen LogP contribution in [0.25, 0.3) is 0 Å². The fraction of sp³-hybridized carbons (Fsp3) is 0.467. The molecule has 0 aromatic carbocycles. The van der Waals surface area contributed by atoms with Gasteiger partial charge < -0.3 is 15.2 Å². The molecule has 0 spiro atoms. The molecule has 0 amide bonds. The van der Waals surface area contributed by atoms with Gasteiger partial charge in [0.15, 0.2) is 5.82 Å². The van der Waals surface area contributed by atoms with E-state index in [0.717, 1.165) is 22.9 Å². The summed E-state index contributed by atoms with van der Waals surface area (Å²) in [5, 5.41) is 7.82. The van der Waals surface area contributed by atoms with Crippen molar-refractivity contribution in [1.82, 2.24) is 14.8 Å². The third kappa shape index (κ3) is 2.30. The van der Waals surface area contributed by atoms with E-state index < -0.39 is 0 Å². The van der Waals surface area contributed by atoms with E-state index in [9.17, 15) is 0 Å². The van der Waals surface area contributed by atoms with Crippen molar-refractivity contribution in [2.75, 3.05) is 10.2 Å². The first-order valence-corrected chi connectivity index (χ1v) is 7.14. The summed E-state index contributed by atoms with van der Waals surface area (Å²) in [7, 11) is 1.95. The molecule has 0 aliphatic carbocycles. The van der Waals surface area contributed by atoms with Gasteiger partial charge >= 0.3 is 0 Å². The second-order valence-corrected chi connectivity index (χ2v) is 6.39. The Bertz CT molecular complexity index is 673.